The zero-order chi connectivity index (χ0) is 13.1. The molecule has 1 aromatic heterocycles. The van der Waals surface area contributed by atoms with Crippen molar-refractivity contribution in [1.82, 2.24) is 4.98 Å². The van der Waals surface area contributed by atoms with Gasteiger partial charge in [0.25, 0.3) is 0 Å². The molecule has 0 amide bonds. The van der Waals surface area contributed by atoms with Crippen LogP contribution >= 0.6 is 11.8 Å². The number of hydrogen-bond acceptors (Lipinski definition) is 1. The zero-order valence-corrected chi connectivity index (χ0v) is 11.7. The van der Waals surface area contributed by atoms with Crippen molar-refractivity contribution < 1.29 is 0 Å². The van der Waals surface area contributed by atoms with Crippen molar-refractivity contribution >= 4 is 33.6 Å². The molecule has 0 radical (unpaired) electrons. The third kappa shape index (κ3) is 1.30. The van der Waals surface area contributed by atoms with E-state index in [1.54, 1.807) is 0 Å². The number of allylic oxidation sites excluding steroid dienone is 3. The monoisotopic (exact) mass is 275 g/mol. The van der Waals surface area contributed by atoms with E-state index in [9.17, 15) is 0 Å². The Hall–Kier alpha value is -1.93. The van der Waals surface area contributed by atoms with Crippen molar-refractivity contribution in [3.63, 3.8) is 0 Å². The Morgan fingerprint density at radius 1 is 0.900 bits per heavy atom. The summed E-state index contributed by atoms with van der Waals surface area (Å²) < 4.78 is 0. The summed E-state index contributed by atoms with van der Waals surface area (Å²) in [5.74, 6) is 0.538. The second-order valence-electron chi connectivity index (χ2n) is 5.46. The number of benzene rings is 2. The molecule has 5 rings (SSSR count). The Morgan fingerprint density at radius 2 is 1.80 bits per heavy atom. The number of thioether (sulfide) groups is 1. The highest BCUT2D eigenvalue weighted by molar-refractivity contribution is 8.00. The Labute approximate surface area is 121 Å². The van der Waals surface area contributed by atoms with Crippen LogP contribution in [0.2, 0.25) is 0 Å². The van der Waals surface area contributed by atoms with Crippen molar-refractivity contribution in [3.05, 3.63) is 66.3 Å². The van der Waals surface area contributed by atoms with Gasteiger partial charge in [-0.2, -0.15) is 0 Å². The predicted molar refractivity (Wildman–Crippen MR) is 86.5 cm³/mol. The molecule has 2 aliphatic rings. The minimum absolute atomic E-state index is 0.538. The summed E-state index contributed by atoms with van der Waals surface area (Å²) in [7, 11) is 0. The lowest BCUT2D eigenvalue weighted by molar-refractivity contribution is 0.883. The van der Waals surface area contributed by atoms with Crippen LogP contribution in [-0.2, 0) is 0 Å². The second kappa shape index (κ2) is 3.80. The third-order valence-electron chi connectivity index (χ3n) is 4.36. The lowest BCUT2D eigenvalue weighted by Gasteiger charge is -2.14. The molecule has 0 spiro atoms. The molecule has 1 N–H and O–H groups in total. The molecule has 2 unspecified atom stereocenters. The molecular weight excluding hydrogens is 262 g/mol. The van der Waals surface area contributed by atoms with E-state index in [4.69, 9.17) is 0 Å². The Bertz CT molecular complexity index is 900. The summed E-state index contributed by atoms with van der Waals surface area (Å²) in [5.41, 5.74) is 4.02. The van der Waals surface area contributed by atoms with Crippen molar-refractivity contribution in [1.29, 1.82) is 0 Å². The van der Waals surface area contributed by atoms with Crippen molar-refractivity contribution in [2.45, 2.75) is 16.1 Å². The maximum Gasteiger partial charge on any atom is 0.0606 e. The predicted octanol–water partition coefficient (Wildman–Crippen LogP) is 5.01. The summed E-state index contributed by atoms with van der Waals surface area (Å²) in [5, 5.41) is 3.23. The number of H-pyrrole nitrogens is 1. The lowest BCUT2D eigenvalue weighted by Crippen LogP contribution is -2.06. The average Bonchev–Trinajstić information content (AvgIpc) is 3.05. The van der Waals surface area contributed by atoms with Gasteiger partial charge in [-0.3, -0.25) is 0 Å². The molecule has 3 aromatic rings. The van der Waals surface area contributed by atoms with E-state index in [0.717, 1.165) is 0 Å². The molecule has 2 atom stereocenters. The van der Waals surface area contributed by atoms with Gasteiger partial charge in [0.2, 0.25) is 0 Å². The fraction of sp³-hybridized carbons (Fsp3) is 0.111. The smallest absolute Gasteiger partial charge is 0.0606 e. The lowest BCUT2D eigenvalue weighted by atomic mass is 9.92. The average molecular weight is 275 g/mol. The highest BCUT2D eigenvalue weighted by Crippen LogP contribution is 2.51. The largest absolute Gasteiger partial charge is 0.354 e. The number of hydrogen-bond donors (Lipinski definition) is 1. The molecule has 0 bridgehead atoms. The topological polar surface area (TPSA) is 15.8 Å². The number of fused-ring (bicyclic) bond motifs is 7. The number of rotatable bonds is 0. The van der Waals surface area contributed by atoms with Gasteiger partial charge in [-0.05, 0) is 11.6 Å². The van der Waals surface area contributed by atoms with E-state index < -0.39 is 0 Å². The highest BCUT2D eigenvalue weighted by atomic mass is 32.2. The first-order valence-electron chi connectivity index (χ1n) is 6.97. The number of aromatic amines is 1. The van der Waals surface area contributed by atoms with Gasteiger partial charge in [-0.25, -0.2) is 0 Å². The maximum absolute atomic E-state index is 3.62. The summed E-state index contributed by atoms with van der Waals surface area (Å²) in [6.07, 6.45) is 9.00. The van der Waals surface area contributed by atoms with E-state index in [2.05, 4.69) is 65.7 Å². The first kappa shape index (κ1) is 10.8. The van der Waals surface area contributed by atoms with Gasteiger partial charge in [-0.15, -0.1) is 11.8 Å². The van der Waals surface area contributed by atoms with Gasteiger partial charge in [0, 0.05) is 32.4 Å². The van der Waals surface area contributed by atoms with Gasteiger partial charge in [0.1, 0.15) is 0 Å². The van der Waals surface area contributed by atoms with Gasteiger partial charge >= 0.3 is 0 Å². The van der Waals surface area contributed by atoms with Crippen LogP contribution in [0.4, 0.5) is 0 Å². The normalized spacial score (nSPS) is 23.4. The summed E-state index contributed by atoms with van der Waals surface area (Å²) in [6, 6.07) is 13.2. The van der Waals surface area contributed by atoms with Crippen molar-refractivity contribution in [2.75, 3.05) is 0 Å². The molecule has 1 aliphatic carbocycles. The molecule has 0 saturated heterocycles. The number of aromatic nitrogens is 1. The van der Waals surface area contributed by atoms with E-state index in [1.807, 2.05) is 11.8 Å². The first-order chi connectivity index (χ1) is 9.92. The molecular formula is C18H13NS. The Balaban J connectivity index is 1.86. The van der Waals surface area contributed by atoms with Crippen LogP contribution in [-0.4, -0.2) is 10.2 Å². The SMILES string of the molecule is C1=CC2Sc3c(ccc4c3[nH]c3ccccc34)C2C=C1. The third-order valence-corrected chi connectivity index (χ3v) is 5.76. The number of para-hydroxylation sites is 1. The minimum atomic E-state index is 0.538. The zero-order valence-electron chi connectivity index (χ0n) is 10.8. The van der Waals surface area contributed by atoms with E-state index in [-0.39, 0.29) is 0 Å². The maximum atomic E-state index is 3.62. The number of nitrogens with one attached hydrogen (secondary N) is 1. The first-order valence-corrected chi connectivity index (χ1v) is 7.85. The molecule has 20 heavy (non-hydrogen) atoms. The van der Waals surface area contributed by atoms with E-state index >= 15 is 0 Å². The van der Waals surface area contributed by atoms with Gasteiger partial charge < -0.3 is 4.98 Å². The van der Waals surface area contributed by atoms with E-state index in [0.29, 0.717) is 11.2 Å². The van der Waals surface area contributed by atoms with Crippen LogP contribution in [0.15, 0.2) is 65.6 Å². The molecule has 2 heterocycles. The molecule has 0 fully saturated rings. The quantitative estimate of drug-likeness (QED) is 0.610. The van der Waals surface area contributed by atoms with Crippen LogP contribution in [0.5, 0.6) is 0 Å². The molecule has 1 aliphatic heterocycles. The molecule has 1 nitrogen and oxygen atoms in total. The molecule has 96 valence electrons. The van der Waals surface area contributed by atoms with E-state index in [1.165, 1.54) is 32.3 Å². The Morgan fingerprint density at radius 3 is 2.80 bits per heavy atom. The van der Waals surface area contributed by atoms with Crippen molar-refractivity contribution in [2.24, 2.45) is 0 Å². The molecule has 2 heteroatoms. The van der Waals surface area contributed by atoms with Crippen LogP contribution < -0.4 is 0 Å². The summed E-state index contributed by atoms with van der Waals surface area (Å²) in [6.45, 7) is 0. The summed E-state index contributed by atoms with van der Waals surface area (Å²) >= 11 is 2.00. The van der Waals surface area contributed by atoms with Crippen LogP contribution in [0.1, 0.15) is 11.5 Å². The fourth-order valence-electron chi connectivity index (χ4n) is 3.41. The van der Waals surface area contributed by atoms with Gasteiger partial charge in [-0.1, -0.05) is 54.6 Å². The van der Waals surface area contributed by atoms with Crippen LogP contribution in [0.3, 0.4) is 0 Å². The van der Waals surface area contributed by atoms with Crippen molar-refractivity contribution in [3.8, 4) is 0 Å². The Kier molecular flexibility index (Phi) is 2.05. The minimum Gasteiger partial charge on any atom is -0.354 e. The summed E-state index contributed by atoms with van der Waals surface area (Å²) in [4.78, 5) is 5.05. The standard InChI is InChI=1S/C18H13NS/c1-3-7-15-11(5-1)13-9-10-14-12-6-2-4-8-16(12)20-18(14)17(13)19-15/h1-10,12,16,19H. The van der Waals surface area contributed by atoms with Gasteiger partial charge in [0.15, 0.2) is 0 Å². The van der Waals surface area contributed by atoms with Gasteiger partial charge in [0.05, 0.1) is 5.52 Å². The highest BCUT2D eigenvalue weighted by Gasteiger charge is 2.32. The molecule has 0 saturated carbocycles. The van der Waals surface area contributed by atoms with Crippen LogP contribution in [0.25, 0.3) is 21.8 Å². The van der Waals surface area contributed by atoms with Crippen LogP contribution in [0, 0.1) is 0 Å². The second-order valence-corrected chi connectivity index (χ2v) is 6.64. The fourth-order valence-corrected chi connectivity index (χ4v) is 4.86. The molecule has 2 aromatic carbocycles.